The van der Waals surface area contributed by atoms with Gasteiger partial charge in [0.15, 0.2) is 0 Å². The molecule has 0 fully saturated rings. The van der Waals surface area contributed by atoms with Gasteiger partial charge in [-0.15, -0.1) is 5.10 Å². The molecular formula is C17H18N4. The fourth-order valence-corrected chi connectivity index (χ4v) is 2.52. The van der Waals surface area contributed by atoms with Gasteiger partial charge in [0.1, 0.15) is 5.69 Å². The van der Waals surface area contributed by atoms with E-state index in [1.54, 1.807) is 0 Å². The van der Waals surface area contributed by atoms with Gasteiger partial charge in [0.25, 0.3) is 0 Å². The molecule has 0 aliphatic carbocycles. The first-order valence-corrected chi connectivity index (χ1v) is 7.13. The van der Waals surface area contributed by atoms with E-state index >= 15 is 0 Å². The highest BCUT2D eigenvalue weighted by Gasteiger charge is 2.16. The zero-order valence-electron chi connectivity index (χ0n) is 12.0. The predicted molar refractivity (Wildman–Crippen MR) is 84.1 cm³/mol. The maximum absolute atomic E-state index is 5.83. The lowest BCUT2D eigenvalue weighted by atomic mass is 10.1. The van der Waals surface area contributed by atoms with Gasteiger partial charge < -0.3 is 5.73 Å². The summed E-state index contributed by atoms with van der Waals surface area (Å²) < 4.78 is 1.90. The molecule has 106 valence electrons. The average Bonchev–Trinajstić information content (AvgIpc) is 2.99. The number of rotatable bonds is 4. The van der Waals surface area contributed by atoms with Crippen LogP contribution >= 0.6 is 0 Å². The molecule has 0 saturated heterocycles. The highest BCUT2D eigenvalue weighted by Crippen LogP contribution is 2.26. The second-order valence-corrected chi connectivity index (χ2v) is 4.85. The summed E-state index contributed by atoms with van der Waals surface area (Å²) in [6, 6.07) is 18.4. The predicted octanol–water partition coefficient (Wildman–Crippen LogP) is 2.96. The van der Waals surface area contributed by atoms with Crippen LogP contribution in [0.5, 0.6) is 0 Å². The van der Waals surface area contributed by atoms with Crippen LogP contribution in [0.3, 0.4) is 0 Å². The summed E-state index contributed by atoms with van der Waals surface area (Å²) in [4.78, 5) is 0. The van der Waals surface area contributed by atoms with Crippen LogP contribution in [-0.4, -0.2) is 15.0 Å². The number of hydrogen-bond donors (Lipinski definition) is 1. The molecule has 4 nitrogen and oxygen atoms in total. The largest absolute Gasteiger partial charge is 0.325 e. The van der Waals surface area contributed by atoms with Crippen molar-refractivity contribution in [3.05, 3.63) is 65.9 Å². The van der Waals surface area contributed by atoms with Crippen molar-refractivity contribution < 1.29 is 0 Å². The molecule has 0 amide bonds. The summed E-state index contributed by atoms with van der Waals surface area (Å²) in [6.45, 7) is 2.51. The van der Waals surface area contributed by atoms with Crippen molar-refractivity contribution in [2.24, 2.45) is 5.73 Å². The van der Waals surface area contributed by atoms with Crippen molar-refractivity contribution in [3.63, 3.8) is 0 Å². The number of hydrogen-bond acceptors (Lipinski definition) is 3. The highest BCUT2D eigenvalue weighted by atomic mass is 15.4. The fourth-order valence-electron chi connectivity index (χ4n) is 2.52. The monoisotopic (exact) mass is 278 g/mol. The number of benzene rings is 2. The van der Waals surface area contributed by atoms with E-state index in [2.05, 4.69) is 41.5 Å². The SMILES string of the molecule is CCc1ccccc1-n1nnc(CN)c1-c1ccccc1. The normalized spacial score (nSPS) is 10.8. The molecule has 0 saturated carbocycles. The van der Waals surface area contributed by atoms with E-state index in [1.165, 1.54) is 5.56 Å². The zero-order valence-corrected chi connectivity index (χ0v) is 12.0. The molecule has 1 heterocycles. The molecule has 0 unspecified atom stereocenters. The quantitative estimate of drug-likeness (QED) is 0.798. The molecule has 4 heteroatoms. The third kappa shape index (κ3) is 2.45. The number of nitrogens with two attached hydrogens (primary N) is 1. The van der Waals surface area contributed by atoms with Gasteiger partial charge in [-0.3, -0.25) is 0 Å². The first kappa shape index (κ1) is 13.5. The van der Waals surface area contributed by atoms with Gasteiger partial charge in [-0.05, 0) is 18.1 Å². The van der Waals surface area contributed by atoms with E-state index in [1.807, 2.05) is 35.0 Å². The summed E-state index contributed by atoms with van der Waals surface area (Å²) in [5.41, 5.74) is 11.0. The molecule has 0 aliphatic heterocycles. The lowest BCUT2D eigenvalue weighted by Crippen LogP contribution is -2.04. The Hall–Kier alpha value is -2.46. The Morgan fingerprint density at radius 3 is 2.43 bits per heavy atom. The van der Waals surface area contributed by atoms with Crippen LogP contribution in [-0.2, 0) is 13.0 Å². The highest BCUT2D eigenvalue weighted by molar-refractivity contribution is 5.64. The molecule has 2 N–H and O–H groups in total. The van der Waals surface area contributed by atoms with Gasteiger partial charge in [-0.25, -0.2) is 4.68 Å². The van der Waals surface area contributed by atoms with Crippen LogP contribution in [0.4, 0.5) is 0 Å². The first-order valence-electron chi connectivity index (χ1n) is 7.13. The molecule has 0 atom stereocenters. The summed E-state index contributed by atoms with van der Waals surface area (Å²) >= 11 is 0. The van der Waals surface area contributed by atoms with Gasteiger partial charge in [0.05, 0.1) is 11.4 Å². The lowest BCUT2D eigenvalue weighted by Gasteiger charge is -2.11. The smallest absolute Gasteiger partial charge is 0.105 e. The second kappa shape index (κ2) is 5.89. The summed E-state index contributed by atoms with van der Waals surface area (Å²) in [7, 11) is 0. The van der Waals surface area contributed by atoms with E-state index in [4.69, 9.17) is 5.73 Å². The van der Waals surface area contributed by atoms with Crippen molar-refractivity contribution in [1.82, 2.24) is 15.0 Å². The second-order valence-electron chi connectivity index (χ2n) is 4.85. The number of para-hydroxylation sites is 1. The van der Waals surface area contributed by atoms with E-state index in [-0.39, 0.29) is 0 Å². The molecule has 0 spiro atoms. The lowest BCUT2D eigenvalue weighted by molar-refractivity contribution is 0.791. The zero-order chi connectivity index (χ0) is 14.7. The molecule has 3 aromatic rings. The topological polar surface area (TPSA) is 56.7 Å². The van der Waals surface area contributed by atoms with Gasteiger partial charge >= 0.3 is 0 Å². The Bertz CT molecular complexity index is 732. The maximum atomic E-state index is 5.83. The van der Waals surface area contributed by atoms with Crippen LogP contribution < -0.4 is 5.73 Å². The average molecular weight is 278 g/mol. The van der Waals surface area contributed by atoms with Crippen LogP contribution in [0, 0.1) is 0 Å². The van der Waals surface area contributed by atoms with Crippen LogP contribution in [0.1, 0.15) is 18.2 Å². The van der Waals surface area contributed by atoms with Crippen molar-refractivity contribution in [2.75, 3.05) is 0 Å². The maximum Gasteiger partial charge on any atom is 0.105 e. The third-order valence-corrected chi connectivity index (χ3v) is 3.58. The number of aryl methyl sites for hydroxylation is 1. The Labute approximate surface area is 124 Å². The summed E-state index contributed by atoms with van der Waals surface area (Å²) in [5, 5.41) is 8.58. The van der Waals surface area contributed by atoms with Crippen molar-refractivity contribution in [1.29, 1.82) is 0 Å². The van der Waals surface area contributed by atoms with Crippen LogP contribution in [0.25, 0.3) is 16.9 Å². The van der Waals surface area contributed by atoms with Gasteiger partial charge in [0.2, 0.25) is 0 Å². The minimum Gasteiger partial charge on any atom is -0.325 e. The Morgan fingerprint density at radius 2 is 1.71 bits per heavy atom. The third-order valence-electron chi connectivity index (χ3n) is 3.58. The van der Waals surface area contributed by atoms with Gasteiger partial charge in [-0.1, -0.05) is 60.7 Å². The Kier molecular flexibility index (Phi) is 3.79. The van der Waals surface area contributed by atoms with Gasteiger partial charge in [0, 0.05) is 12.1 Å². The molecule has 0 aliphatic rings. The first-order chi connectivity index (χ1) is 10.3. The van der Waals surface area contributed by atoms with E-state index in [0.29, 0.717) is 6.54 Å². The van der Waals surface area contributed by atoms with Crippen LogP contribution in [0.15, 0.2) is 54.6 Å². The van der Waals surface area contributed by atoms with Crippen molar-refractivity contribution in [3.8, 4) is 16.9 Å². The van der Waals surface area contributed by atoms with E-state index in [9.17, 15) is 0 Å². The number of aromatic nitrogens is 3. The summed E-state index contributed by atoms with van der Waals surface area (Å²) in [5.74, 6) is 0. The Balaban J connectivity index is 2.23. The Morgan fingerprint density at radius 1 is 1.00 bits per heavy atom. The minimum atomic E-state index is 0.374. The molecule has 0 radical (unpaired) electrons. The molecule has 0 bridgehead atoms. The number of nitrogens with zero attached hydrogens (tertiary/aromatic N) is 3. The molecule has 1 aromatic heterocycles. The van der Waals surface area contributed by atoms with Crippen LogP contribution in [0.2, 0.25) is 0 Å². The fraction of sp³-hybridized carbons (Fsp3) is 0.176. The van der Waals surface area contributed by atoms with E-state index < -0.39 is 0 Å². The molecule has 21 heavy (non-hydrogen) atoms. The molecule has 2 aromatic carbocycles. The summed E-state index contributed by atoms with van der Waals surface area (Å²) in [6.07, 6.45) is 0.947. The standard InChI is InChI=1S/C17H18N4/c1-2-13-8-6-7-11-16(13)21-17(15(12-18)19-20-21)14-9-4-3-5-10-14/h3-11H,2,12,18H2,1H3. The molecule has 3 rings (SSSR count). The van der Waals surface area contributed by atoms with Crippen molar-refractivity contribution in [2.45, 2.75) is 19.9 Å². The minimum absolute atomic E-state index is 0.374. The van der Waals surface area contributed by atoms with Gasteiger partial charge in [-0.2, -0.15) is 0 Å². The molecular weight excluding hydrogens is 260 g/mol. The van der Waals surface area contributed by atoms with E-state index in [0.717, 1.165) is 29.1 Å². The van der Waals surface area contributed by atoms with Crippen molar-refractivity contribution >= 4 is 0 Å².